The van der Waals surface area contributed by atoms with Crippen LogP contribution in [-0.2, 0) is 4.74 Å². The number of carbonyl (C=O) groups excluding carboxylic acids is 1. The van der Waals surface area contributed by atoms with Crippen LogP contribution >= 0.6 is 0 Å². The van der Waals surface area contributed by atoms with Crippen LogP contribution in [0.2, 0.25) is 0 Å². The van der Waals surface area contributed by atoms with Gasteiger partial charge >= 0.3 is 5.97 Å². The molecule has 0 aliphatic heterocycles. The van der Waals surface area contributed by atoms with E-state index in [4.69, 9.17) is 13.9 Å². The molecule has 2 aromatic rings. The minimum Gasteiger partial charge on any atom is -0.497 e. The molecule has 0 spiro atoms. The number of benzene rings is 1. The Balaban J connectivity index is 2.24. The fraction of sp³-hybridized carbons (Fsp3) is 0.375. The van der Waals surface area contributed by atoms with Gasteiger partial charge in [-0.1, -0.05) is 19.8 Å². The van der Waals surface area contributed by atoms with Crippen molar-refractivity contribution in [3.8, 4) is 5.75 Å². The molecule has 5 nitrogen and oxygen atoms in total. The summed E-state index contributed by atoms with van der Waals surface area (Å²) in [5, 5.41) is 0.401. The summed E-state index contributed by atoms with van der Waals surface area (Å²) >= 11 is 0. The average Bonchev–Trinajstić information content (AvgIpc) is 2.50. The molecule has 1 aromatic carbocycles. The van der Waals surface area contributed by atoms with Crippen molar-refractivity contribution >= 4 is 16.9 Å². The maximum absolute atomic E-state index is 12.0. The van der Waals surface area contributed by atoms with Gasteiger partial charge in [-0.3, -0.25) is 4.79 Å². The summed E-state index contributed by atoms with van der Waals surface area (Å²) in [6.07, 6.45) is 2.84. The molecular formula is C16H18O5. The van der Waals surface area contributed by atoms with E-state index in [2.05, 4.69) is 6.92 Å². The van der Waals surface area contributed by atoms with Gasteiger partial charge in [0, 0.05) is 12.1 Å². The van der Waals surface area contributed by atoms with Crippen molar-refractivity contribution in [3.63, 3.8) is 0 Å². The Hall–Kier alpha value is -2.30. The van der Waals surface area contributed by atoms with Crippen LogP contribution in [0.1, 0.15) is 36.7 Å². The van der Waals surface area contributed by atoms with Crippen molar-refractivity contribution in [1.82, 2.24) is 0 Å². The fourth-order valence-electron chi connectivity index (χ4n) is 1.95. The molecule has 0 saturated carbocycles. The third-order valence-electron chi connectivity index (χ3n) is 3.12. The molecule has 21 heavy (non-hydrogen) atoms. The lowest BCUT2D eigenvalue weighted by molar-refractivity contribution is 0.0462. The van der Waals surface area contributed by atoms with E-state index >= 15 is 0 Å². The highest BCUT2D eigenvalue weighted by Crippen LogP contribution is 2.19. The first-order chi connectivity index (χ1) is 10.2. The number of methoxy groups -OCH3 is 1. The zero-order valence-corrected chi connectivity index (χ0v) is 12.2. The van der Waals surface area contributed by atoms with E-state index < -0.39 is 5.97 Å². The highest BCUT2D eigenvalue weighted by Gasteiger charge is 2.14. The summed E-state index contributed by atoms with van der Waals surface area (Å²) in [7, 11) is 1.52. The highest BCUT2D eigenvalue weighted by atomic mass is 16.5. The number of carbonyl (C=O) groups is 1. The predicted molar refractivity (Wildman–Crippen MR) is 78.8 cm³/mol. The molecule has 0 bridgehead atoms. The van der Waals surface area contributed by atoms with Crippen LogP contribution in [0.15, 0.2) is 33.5 Å². The highest BCUT2D eigenvalue weighted by molar-refractivity contribution is 5.89. The van der Waals surface area contributed by atoms with E-state index in [0.29, 0.717) is 23.3 Å². The van der Waals surface area contributed by atoms with Gasteiger partial charge in [0.1, 0.15) is 11.3 Å². The van der Waals surface area contributed by atoms with E-state index in [1.54, 1.807) is 18.2 Å². The molecule has 112 valence electrons. The second-order valence-electron chi connectivity index (χ2n) is 4.68. The van der Waals surface area contributed by atoms with Crippen LogP contribution in [0.25, 0.3) is 11.0 Å². The molecule has 0 saturated heterocycles. The normalized spacial score (nSPS) is 10.6. The van der Waals surface area contributed by atoms with Gasteiger partial charge in [-0.25, -0.2) is 4.79 Å². The van der Waals surface area contributed by atoms with Gasteiger partial charge in [0.2, 0.25) is 5.76 Å². The van der Waals surface area contributed by atoms with Crippen molar-refractivity contribution < 1.29 is 18.7 Å². The van der Waals surface area contributed by atoms with Gasteiger partial charge in [-0.2, -0.15) is 0 Å². The number of esters is 1. The van der Waals surface area contributed by atoms with Crippen LogP contribution in [0, 0.1) is 0 Å². The molecule has 0 atom stereocenters. The quantitative estimate of drug-likeness (QED) is 0.604. The summed E-state index contributed by atoms with van der Waals surface area (Å²) in [6.45, 7) is 2.39. The molecule has 5 heteroatoms. The van der Waals surface area contributed by atoms with E-state index in [9.17, 15) is 9.59 Å². The zero-order chi connectivity index (χ0) is 15.2. The molecule has 1 aromatic heterocycles. The maximum Gasteiger partial charge on any atom is 0.374 e. The molecule has 0 aliphatic rings. The van der Waals surface area contributed by atoms with Gasteiger partial charge in [-0.05, 0) is 18.6 Å². The number of hydrogen-bond acceptors (Lipinski definition) is 5. The number of rotatable bonds is 6. The second kappa shape index (κ2) is 6.92. The Morgan fingerprint density at radius 2 is 2.05 bits per heavy atom. The van der Waals surface area contributed by atoms with Crippen LogP contribution in [-0.4, -0.2) is 19.7 Å². The summed E-state index contributed by atoms with van der Waals surface area (Å²) in [5.41, 5.74) is 0.0294. The summed E-state index contributed by atoms with van der Waals surface area (Å²) in [5.74, 6) is -0.149. The van der Waals surface area contributed by atoms with Crippen LogP contribution in [0.3, 0.4) is 0 Å². The van der Waals surface area contributed by atoms with Crippen LogP contribution in [0.4, 0.5) is 0 Å². The van der Waals surface area contributed by atoms with E-state index in [1.807, 2.05) is 0 Å². The lowest BCUT2D eigenvalue weighted by Crippen LogP contribution is -2.11. The van der Waals surface area contributed by atoms with Crippen LogP contribution in [0.5, 0.6) is 5.75 Å². The number of ether oxygens (including phenoxy) is 2. The van der Waals surface area contributed by atoms with Crippen LogP contribution < -0.4 is 10.2 Å². The topological polar surface area (TPSA) is 65.7 Å². The standard InChI is InChI=1S/C16H18O5/c1-3-4-5-8-20-16(18)15-10-13(17)12-7-6-11(19-2)9-14(12)21-15/h6-7,9-10H,3-5,8H2,1-2H3. The molecule has 0 fully saturated rings. The van der Waals surface area contributed by atoms with Gasteiger partial charge in [0.15, 0.2) is 5.43 Å². The van der Waals surface area contributed by atoms with Gasteiger partial charge in [-0.15, -0.1) is 0 Å². The van der Waals surface area contributed by atoms with E-state index in [1.165, 1.54) is 7.11 Å². The van der Waals surface area contributed by atoms with Gasteiger partial charge in [0.25, 0.3) is 0 Å². The summed E-state index contributed by atoms with van der Waals surface area (Å²) < 4.78 is 15.6. The van der Waals surface area contributed by atoms with Crippen molar-refractivity contribution in [3.05, 3.63) is 40.2 Å². The molecule has 0 radical (unpaired) electrons. The Morgan fingerprint density at radius 3 is 2.76 bits per heavy atom. The lowest BCUT2D eigenvalue weighted by atomic mass is 10.2. The first-order valence-corrected chi connectivity index (χ1v) is 6.94. The second-order valence-corrected chi connectivity index (χ2v) is 4.68. The summed E-state index contributed by atoms with van der Waals surface area (Å²) in [4.78, 5) is 23.8. The first kappa shape index (κ1) is 15.1. The van der Waals surface area contributed by atoms with E-state index in [-0.39, 0.29) is 11.2 Å². The van der Waals surface area contributed by atoms with Crippen molar-refractivity contribution in [2.24, 2.45) is 0 Å². The Bertz CT molecular complexity index is 687. The molecule has 0 N–H and O–H groups in total. The monoisotopic (exact) mass is 290 g/mol. The third-order valence-corrected chi connectivity index (χ3v) is 3.12. The molecule has 2 rings (SSSR count). The minimum absolute atomic E-state index is 0.0859. The smallest absolute Gasteiger partial charge is 0.374 e. The SMILES string of the molecule is CCCCCOC(=O)c1cc(=O)c2ccc(OC)cc2o1. The lowest BCUT2D eigenvalue weighted by Gasteiger charge is -2.05. The Kier molecular flexibility index (Phi) is 4.98. The molecule has 1 heterocycles. The third kappa shape index (κ3) is 3.62. The fourth-order valence-corrected chi connectivity index (χ4v) is 1.95. The number of fused-ring (bicyclic) bond motifs is 1. The van der Waals surface area contributed by atoms with E-state index in [0.717, 1.165) is 25.3 Å². The maximum atomic E-state index is 12.0. The Morgan fingerprint density at radius 1 is 1.24 bits per heavy atom. The Labute approximate surface area is 122 Å². The first-order valence-electron chi connectivity index (χ1n) is 6.94. The summed E-state index contributed by atoms with van der Waals surface area (Å²) in [6, 6.07) is 6.01. The van der Waals surface area contributed by atoms with Crippen molar-refractivity contribution in [1.29, 1.82) is 0 Å². The molecule has 0 unspecified atom stereocenters. The largest absolute Gasteiger partial charge is 0.497 e. The van der Waals surface area contributed by atoms with Gasteiger partial charge in [0.05, 0.1) is 19.1 Å². The number of unbranched alkanes of at least 4 members (excludes halogenated alkanes) is 2. The predicted octanol–water partition coefficient (Wildman–Crippen LogP) is 3.15. The van der Waals surface area contributed by atoms with Crippen molar-refractivity contribution in [2.45, 2.75) is 26.2 Å². The molecular weight excluding hydrogens is 272 g/mol. The van der Waals surface area contributed by atoms with Gasteiger partial charge < -0.3 is 13.9 Å². The van der Waals surface area contributed by atoms with Crippen molar-refractivity contribution in [2.75, 3.05) is 13.7 Å². The minimum atomic E-state index is -0.618. The molecule has 0 amide bonds. The molecule has 0 aliphatic carbocycles. The average molecular weight is 290 g/mol. The zero-order valence-electron chi connectivity index (χ0n) is 12.2. The number of hydrogen-bond donors (Lipinski definition) is 0.